The summed E-state index contributed by atoms with van der Waals surface area (Å²) in [5, 5.41) is 0. The van der Waals surface area contributed by atoms with Gasteiger partial charge in [0, 0.05) is 29.1 Å². The van der Waals surface area contributed by atoms with Crippen LogP contribution < -0.4 is 15.6 Å². The van der Waals surface area contributed by atoms with Crippen LogP contribution in [-0.2, 0) is 13.0 Å². The van der Waals surface area contributed by atoms with Gasteiger partial charge in [0.05, 0.1) is 0 Å². The van der Waals surface area contributed by atoms with Crippen LogP contribution in [0.15, 0.2) is 60.9 Å². The van der Waals surface area contributed by atoms with Crippen molar-refractivity contribution in [3.8, 4) is 5.75 Å². The van der Waals surface area contributed by atoms with Gasteiger partial charge < -0.3 is 4.74 Å². The Bertz CT molecular complexity index is 1010. The van der Waals surface area contributed by atoms with Crippen molar-refractivity contribution in [1.29, 1.82) is 0 Å². The Morgan fingerprint density at radius 1 is 0.900 bits per heavy atom. The van der Waals surface area contributed by atoms with Crippen molar-refractivity contribution in [3.63, 3.8) is 0 Å². The molecule has 3 aromatic rings. The maximum Gasteiger partial charge on any atom is 0.269 e. The highest BCUT2D eigenvalue weighted by Gasteiger charge is 2.13. The Labute approximate surface area is 176 Å². The number of carbonyl (C=O) groups is 2. The van der Waals surface area contributed by atoms with E-state index >= 15 is 0 Å². The Balaban J connectivity index is 1.62. The maximum absolute atomic E-state index is 12.5. The fourth-order valence-corrected chi connectivity index (χ4v) is 3.10. The zero-order chi connectivity index (χ0) is 21.5. The third kappa shape index (κ3) is 5.23. The number of rotatable bonds is 6. The van der Waals surface area contributed by atoms with Crippen molar-refractivity contribution in [2.75, 3.05) is 0 Å². The predicted octanol–water partition coefficient (Wildman–Crippen LogP) is 3.91. The molecule has 6 nitrogen and oxygen atoms in total. The summed E-state index contributed by atoms with van der Waals surface area (Å²) in [6, 6.07) is 14.6. The van der Waals surface area contributed by atoms with Crippen molar-refractivity contribution in [1.82, 2.24) is 15.8 Å². The van der Waals surface area contributed by atoms with E-state index in [1.807, 2.05) is 38.1 Å². The molecule has 1 heterocycles. The van der Waals surface area contributed by atoms with Gasteiger partial charge in [-0.2, -0.15) is 0 Å². The second kappa shape index (κ2) is 9.69. The van der Waals surface area contributed by atoms with Crippen LogP contribution in [0.4, 0.5) is 0 Å². The van der Waals surface area contributed by atoms with Gasteiger partial charge in [-0.05, 0) is 67.3 Å². The first-order chi connectivity index (χ1) is 14.5. The average Bonchev–Trinajstić information content (AvgIpc) is 2.77. The first-order valence-corrected chi connectivity index (χ1v) is 9.80. The summed E-state index contributed by atoms with van der Waals surface area (Å²) in [6.07, 6.45) is 4.37. The van der Waals surface area contributed by atoms with Crippen LogP contribution in [-0.4, -0.2) is 16.8 Å². The molecule has 0 atom stereocenters. The lowest BCUT2D eigenvalue weighted by molar-refractivity contribution is 0.0846. The quantitative estimate of drug-likeness (QED) is 0.612. The molecule has 0 aliphatic heterocycles. The van der Waals surface area contributed by atoms with Gasteiger partial charge in [-0.25, -0.2) is 0 Å². The number of ether oxygens (including phenoxy) is 1. The van der Waals surface area contributed by atoms with Gasteiger partial charge in [-0.1, -0.05) is 25.1 Å². The standard InChI is InChI=1S/C24H25N3O3/c1-4-18-7-9-20(10-8-18)23(28)26-27-24(29)21-12-16(2)22(17(3)13-21)30-15-19-6-5-11-25-14-19/h5-14H,4,15H2,1-3H3,(H,26,28)(H,27,29). The van der Waals surface area contributed by atoms with Gasteiger partial charge in [-0.15, -0.1) is 0 Å². The molecule has 0 radical (unpaired) electrons. The monoisotopic (exact) mass is 403 g/mol. The van der Waals surface area contributed by atoms with Crippen LogP contribution in [0.3, 0.4) is 0 Å². The number of pyridine rings is 1. The molecule has 0 bridgehead atoms. The molecule has 2 amide bonds. The molecule has 0 saturated heterocycles. The molecule has 1 aromatic heterocycles. The van der Waals surface area contributed by atoms with E-state index in [4.69, 9.17) is 4.74 Å². The second-order valence-corrected chi connectivity index (χ2v) is 7.05. The van der Waals surface area contributed by atoms with Crippen molar-refractivity contribution in [3.05, 3.63) is 94.3 Å². The van der Waals surface area contributed by atoms with E-state index < -0.39 is 5.91 Å². The van der Waals surface area contributed by atoms with Gasteiger partial charge in [-0.3, -0.25) is 25.4 Å². The Kier molecular flexibility index (Phi) is 6.80. The summed E-state index contributed by atoms with van der Waals surface area (Å²) in [7, 11) is 0. The Morgan fingerprint density at radius 2 is 1.53 bits per heavy atom. The summed E-state index contributed by atoms with van der Waals surface area (Å²) in [6.45, 7) is 6.22. The van der Waals surface area contributed by atoms with E-state index in [0.717, 1.165) is 34.4 Å². The Morgan fingerprint density at radius 3 is 2.10 bits per heavy atom. The van der Waals surface area contributed by atoms with Gasteiger partial charge in [0.25, 0.3) is 11.8 Å². The van der Waals surface area contributed by atoms with Crippen LogP contribution in [0.1, 0.15) is 49.9 Å². The molecule has 0 aliphatic carbocycles. The van der Waals surface area contributed by atoms with E-state index in [-0.39, 0.29) is 5.91 Å². The van der Waals surface area contributed by atoms with Crippen LogP contribution in [0.5, 0.6) is 5.75 Å². The highest BCUT2D eigenvalue weighted by molar-refractivity contribution is 5.99. The van der Waals surface area contributed by atoms with Crippen molar-refractivity contribution < 1.29 is 14.3 Å². The lowest BCUT2D eigenvalue weighted by atomic mass is 10.1. The molecule has 2 aromatic carbocycles. The molecule has 0 saturated carbocycles. The topological polar surface area (TPSA) is 80.3 Å². The molecule has 6 heteroatoms. The highest BCUT2D eigenvalue weighted by atomic mass is 16.5. The summed E-state index contributed by atoms with van der Waals surface area (Å²) in [5.41, 5.74) is 9.65. The van der Waals surface area contributed by atoms with Gasteiger partial charge in [0.1, 0.15) is 12.4 Å². The second-order valence-electron chi connectivity index (χ2n) is 7.05. The van der Waals surface area contributed by atoms with Crippen molar-refractivity contribution in [2.45, 2.75) is 33.8 Å². The minimum atomic E-state index is -0.390. The summed E-state index contributed by atoms with van der Waals surface area (Å²) in [5.74, 6) is -0.0233. The smallest absolute Gasteiger partial charge is 0.269 e. The molecule has 3 rings (SSSR count). The molecule has 154 valence electrons. The van der Waals surface area contributed by atoms with E-state index in [1.54, 1.807) is 36.7 Å². The first-order valence-electron chi connectivity index (χ1n) is 9.80. The molecule has 30 heavy (non-hydrogen) atoms. The van der Waals surface area contributed by atoms with Gasteiger partial charge in [0.15, 0.2) is 0 Å². The third-order valence-electron chi connectivity index (χ3n) is 4.74. The molecule has 0 spiro atoms. The fourth-order valence-electron chi connectivity index (χ4n) is 3.10. The summed E-state index contributed by atoms with van der Waals surface area (Å²) in [4.78, 5) is 28.8. The number of hydrazine groups is 1. The number of aryl methyl sites for hydroxylation is 3. The number of aromatic nitrogens is 1. The number of nitrogens with zero attached hydrogens (tertiary/aromatic N) is 1. The van der Waals surface area contributed by atoms with Crippen molar-refractivity contribution in [2.24, 2.45) is 0 Å². The summed E-state index contributed by atoms with van der Waals surface area (Å²) >= 11 is 0. The zero-order valence-corrected chi connectivity index (χ0v) is 17.4. The third-order valence-corrected chi connectivity index (χ3v) is 4.74. The van der Waals surface area contributed by atoms with E-state index in [1.165, 1.54) is 0 Å². The largest absolute Gasteiger partial charge is 0.488 e. The average molecular weight is 403 g/mol. The minimum absolute atomic E-state index is 0.365. The SMILES string of the molecule is CCc1ccc(C(=O)NNC(=O)c2cc(C)c(OCc3cccnc3)c(C)c2)cc1. The zero-order valence-electron chi connectivity index (χ0n) is 17.4. The van der Waals surface area contributed by atoms with E-state index in [9.17, 15) is 9.59 Å². The minimum Gasteiger partial charge on any atom is -0.488 e. The molecular formula is C24H25N3O3. The van der Waals surface area contributed by atoms with E-state index in [2.05, 4.69) is 22.8 Å². The van der Waals surface area contributed by atoms with Crippen LogP contribution in [0, 0.1) is 13.8 Å². The molecule has 0 unspecified atom stereocenters. The fraction of sp³-hybridized carbons (Fsp3) is 0.208. The van der Waals surface area contributed by atoms with Gasteiger partial charge >= 0.3 is 0 Å². The predicted molar refractivity (Wildman–Crippen MR) is 115 cm³/mol. The molecular weight excluding hydrogens is 378 g/mol. The number of hydrogen-bond donors (Lipinski definition) is 2. The number of nitrogens with one attached hydrogen (secondary N) is 2. The van der Waals surface area contributed by atoms with Crippen molar-refractivity contribution >= 4 is 11.8 Å². The van der Waals surface area contributed by atoms with Crippen LogP contribution in [0.25, 0.3) is 0 Å². The molecule has 0 fully saturated rings. The first kappa shape index (κ1) is 21.0. The van der Waals surface area contributed by atoms with Crippen LogP contribution >= 0.6 is 0 Å². The summed E-state index contributed by atoms with van der Waals surface area (Å²) < 4.78 is 5.92. The lowest BCUT2D eigenvalue weighted by Gasteiger charge is -2.14. The number of amides is 2. The van der Waals surface area contributed by atoms with Gasteiger partial charge in [0.2, 0.25) is 0 Å². The van der Waals surface area contributed by atoms with E-state index in [0.29, 0.717) is 17.7 Å². The molecule has 0 aliphatic rings. The highest BCUT2D eigenvalue weighted by Crippen LogP contribution is 2.25. The normalized spacial score (nSPS) is 10.4. The molecule has 2 N–H and O–H groups in total. The number of benzene rings is 2. The Hall–Kier alpha value is -3.67. The number of hydrogen-bond acceptors (Lipinski definition) is 4. The number of carbonyl (C=O) groups excluding carboxylic acids is 2. The van der Waals surface area contributed by atoms with Crippen LogP contribution in [0.2, 0.25) is 0 Å². The maximum atomic E-state index is 12.5. The lowest BCUT2D eigenvalue weighted by Crippen LogP contribution is -2.41.